The van der Waals surface area contributed by atoms with Gasteiger partial charge in [0, 0.05) is 52.5 Å². The van der Waals surface area contributed by atoms with Gasteiger partial charge in [0.25, 0.3) is 0 Å². The second kappa shape index (κ2) is 14.4. The summed E-state index contributed by atoms with van der Waals surface area (Å²) in [4.78, 5) is 17.1. The average molecular weight is 470 g/mol. The van der Waals surface area contributed by atoms with E-state index in [9.17, 15) is 4.79 Å². The largest absolute Gasteiger partial charge is 0.381 e. The Morgan fingerprint density at radius 2 is 1.62 bits per heavy atom. The summed E-state index contributed by atoms with van der Waals surface area (Å²) in [6.45, 7) is 7.46. The first kappa shape index (κ1) is 28.4. The summed E-state index contributed by atoms with van der Waals surface area (Å²) in [6.07, 6.45) is 1.74. The summed E-state index contributed by atoms with van der Waals surface area (Å²) in [5.74, 6) is 0.174. The summed E-state index contributed by atoms with van der Waals surface area (Å²) >= 11 is 0. The lowest BCUT2D eigenvalue weighted by Gasteiger charge is -2.32. The molecule has 0 aliphatic carbocycles. The molecule has 0 radical (unpaired) electrons. The second-order valence-corrected chi connectivity index (χ2v) is 7.59. The summed E-state index contributed by atoms with van der Waals surface area (Å²) in [5.41, 5.74) is 8.55. The maximum Gasteiger partial charge on any atom is 0.237 e. The van der Waals surface area contributed by atoms with Crippen LogP contribution in [-0.4, -0.2) is 68.2 Å². The molecule has 9 heteroatoms. The van der Waals surface area contributed by atoms with Gasteiger partial charge in [-0.05, 0) is 36.9 Å². The van der Waals surface area contributed by atoms with Gasteiger partial charge >= 0.3 is 0 Å². The van der Waals surface area contributed by atoms with Gasteiger partial charge in [0.2, 0.25) is 5.91 Å². The third-order valence-corrected chi connectivity index (χ3v) is 5.57. The van der Waals surface area contributed by atoms with Gasteiger partial charge in [-0.3, -0.25) is 9.69 Å². The number of ether oxygens (including phenoxy) is 1. The quantitative estimate of drug-likeness (QED) is 0.667. The zero-order valence-electron chi connectivity index (χ0n) is 17.0. The van der Waals surface area contributed by atoms with Crippen molar-refractivity contribution in [2.75, 3.05) is 46.4 Å². The number of hydrogen-bond donors (Lipinski definition) is 2. The molecule has 29 heavy (non-hydrogen) atoms. The number of amides is 1. The number of carbonyl (C=O) groups excluding carboxylic acids is 1. The van der Waals surface area contributed by atoms with Gasteiger partial charge in [0.15, 0.2) is 0 Å². The minimum atomic E-state index is -0.435. The summed E-state index contributed by atoms with van der Waals surface area (Å²) in [7, 11) is 2.17. The fraction of sp³-hybridized carbons (Fsp3) is 0.650. The van der Waals surface area contributed by atoms with Crippen molar-refractivity contribution in [3.8, 4) is 0 Å². The molecular weight excluding hydrogens is 435 g/mol. The van der Waals surface area contributed by atoms with E-state index in [0.29, 0.717) is 19.8 Å². The topological polar surface area (TPSA) is 70.8 Å². The molecule has 0 bridgehead atoms. The molecule has 168 valence electrons. The first-order chi connectivity index (χ1) is 12.6. The molecule has 0 saturated carbocycles. The van der Waals surface area contributed by atoms with Crippen LogP contribution in [0, 0.1) is 5.92 Å². The van der Waals surface area contributed by atoms with Crippen LogP contribution in [0.4, 0.5) is 0 Å². The number of nitrogens with one attached hydrogen (secondary N) is 1. The second-order valence-electron chi connectivity index (χ2n) is 7.59. The van der Waals surface area contributed by atoms with Crippen molar-refractivity contribution in [3.05, 3.63) is 35.4 Å². The van der Waals surface area contributed by atoms with Crippen LogP contribution in [0.3, 0.4) is 0 Å². The number of carbonyl (C=O) groups is 1. The molecule has 1 unspecified atom stereocenters. The number of rotatable bonds is 6. The molecule has 2 aliphatic rings. The van der Waals surface area contributed by atoms with Crippen molar-refractivity contribution in [2.45, 2.75) is 32.0 Å². The van der Waals surface area contributed by atoms with Gasteiger partial charge in [-0.2, -0.15) is 0 Å². The third kappa shape index (κ3) is 8.97. The lowest BCUT2D eigenvalue weighted by molar-refractivity contribution is -0.124. The Morgan fingerprint density at radius 3 is 2.21 bits per heavy atom. The number of likely N-dealkylation sites (N-methyl/N-ethyl adjacent to an activating group) is 1. The van der Waals surface area contributed by atoms with Crippen LogP contribution in [0.15, 0.2) is 24.3 Å². The Morgan fingerprint density at radius 1 is 1.07 bits per heavy atom. The van der Waals surface area contributed by atoms with E-state index in [1.165, 1.54) is 5.56 Å². The average Bonchev–Trinajstić information content (AvgIpc) is 2.69. The Balaban J connectivity index is 0.00000261. The van der Waals surface area contributed by atoms with Gasteiger partial charge in [0.05, 0.1) is 6.04 Å². The molecule has 3 rings (SSSR count). The van der Waals surface area contributed by atoms with E-state index in [4.69, 9.17) is 10.5 Å². The molecule has 2 fully saturated rings. The third-order valence-electron chi connectivity index (χ3n) is 5.57. The lowest BCUT2D eigenvalue weighted by atomic mass is 9.92. The van der Waals surface area contributed by atoms with Crippen molar-refractivity contribution in [2.24, 2.45) is 11.7 Å². The van der Waals surface area contributed by atoms with Crippen LogP contribution in [-0.2, 0) is 22.6 Å². The first-order valence-electron chi connectivity index (χ1n) is 9.71. The van der Waals surface area contributed by atoms with Crippen LogP contribution in [0.25, 0.3) is 0 Å². The minimum absolute atomic E-state index is 0. The highest BCUT2D eigenvalue weighted by molar-refractivity contribution is 5.86. The Hall–Kier alpha value is -0.600. The van der Waals surface area contributed by atoms with E-state index < -0.39 is 6.04 Å². The normalized spacial score (nSPS) is 19.2. The maximum absolute atomic E-state index is 12.3. The zero-order chi connectivity index (χ0) is 18.4. The monoisotopic (exact) mass is 468 g/mol. The fourth-order valence-corrected chi connectivity index (χ4v) is 3.62. The lowest BCUT2D eigenvalue weighted by Crippen LogP contribution is -2.46. The number of piperazine rings is 1. The smallest absolute Gasteiger partial charge is 0.237 e. The molecule has 1 aromatic carbocycles. The molecule has 3 N–H and O–H groups in total. The van der Waals surface area contributed by atoms with E-state index in [1.807, 2.05) is 0 Å². The summed E-state index contributed by atoms with van der Waals surface area (Å²) in [6, 6.07) is 8.10. The fourth-order valence-electron chi connectivity index (χ4n) is 3.62. The first-order valence-corrected chi connectivity index (χ1v) is 9.71. The van der Waals surface area contributed by atoms with E-state index in [-0.39, 0.29) is 49.0 Å². The van der Waals surface area contributed by atoms with Crippen LogP contribution in [0.5, 0.6) is 0 Å². The molecular formula is C20H35Cl3N4O2. The van der Waals surface area contributed by atoms with E-state index in [1.54, 1.807) is 0 Å². The molecule has 0 spiro atoms. The Labute approximate surface area is 193 Å². The van der Waals surface area contributed by atoms with Gasteiger partial charge in [-0.25, -0.2) is 0 Å². The van der Waals surface area contributed by atoms with Crippen LogP contribution in [0.2, 0.25) is 0 Å². The minimum Gasteiger partial charge on any atom is -0.381 e. The maximum atomic E-state index is 12.3. The molecule has 1 aromatic rings. The molecule has 1 atom stereocenters. The summed E-state index contributed by atoms with van der Waals surface area (Å²) in [5, 5.41) is 2.98. The van der Waals surface area contributed by atoms with Crippen molar-refractivity contribution in [3.63, 3.8) is 0 Å². The Kier molecular flexibility index (Phi) is 14.1. The van der Waals surface area contributed by atoms with Gasteiger partial charge in [-0.1, -0.05) is 24.3 Å². The van der Waals surface area contributed by atoms with Crippen molar-refractivity contribution in [1.29, 1.82) is 0 Å². The van der Waals surface area contributed by atoms with Crippen molar-refractivity contribution < 1.29 is 9.53 Å². The molecule has 0 aromatic heterocycles. The van der Waals surface area contributed by atoms with Crippen LogP contribution < -0.4 is 11.1 Å². The predicted octanol–water partition coefficient (Wildman–Crippen LogP) is 2.07. The molecule has 2 aliphatic heterocycles. The zero-order valence-corrected chi connectivity index (χ0v) is 19.5. The molecule has 2 saturated heterocycles. The van der Waals surface area contributed by atoms with Gasteiger partial charge < -0.3 is 20.7 Å². The molecule has 1 amide bonds. The van der Waals surface area contributed by atoms with E-state index >= 15 is 0 Å². The van der Waals surface area contributed by atoms with Crippen molar-refractivity contribution >= 4 is 43.1 Å². The SMILES string of the molecule is CN1CCN(Cc2ccc(CNC(=O)C(N)C3CCOCC3)cc2)CC1.Cl.Cl.Cl. The predicted molar refractivity (Wildman–Crippen MR) is 124 cm³/mol. The highest BCUT2D eigenvalue weighted by Gasteiger charge is 2.26. The summed E-state index contributed by atoms with van der Waals surface area (Å²) < 4.78 is 5.34. The number of benzene rings is 1. The number of nitrogens with zero attached hydrogens (tertiary/aromatic N) is 2. The van der Waals surface area contributed by atoms with Crippen LogP contribution in [0.1, 0.15) is 24.0 Å². The standard InChI is InChI=1S/C20H32N4O2.3ClH/c1-23-8-10-24(11-9-23)15-17-4-2-16(3-5-17)14-22-20(25)19(21)18-6-12-26-13-7-18;;;/h2-5,18-19H,6-15,21H2,1H3,(H,22,25);3*1H. The van der Waals surface area contributed by atoms with E-state index in [2.05, 4.69) is 46.4 Å². The highest BCUT2D eigenvalue weighted by atomic mass is 35.5. The van der Waals surface area contributed by atoms with E-state index in [0.717, 1.165) is 51.1 Å². The molecule has 2 heterocycles. The highest BCUT2D eigenvalue weighted by Crippen LogP contribution is 2.17. The Bertz CT molecular complexity index is 578. The van der Waals surface area contributed by atoms with Crippen molar-refractivity contribution in [1.82, 2.24) is 15.1 Å². The number of halogens is 3. The molecule has 6 nitrogen and oxygen atoms in total. The van der Waals surface area contributed by atoms with Crippen LogP contribution >= 0.6 is 37.2 Å². The number of hydrogen-bond acceptors (Lipinski definition) is 5. The van der Waals surface area contributed by atoms with Gasteiger partial charge in [-0.15, -0.1) is 37.2 Å². The van der Waals surface area contributed by atoms with Gasteiger partial charge in [0.1, 0.15) is 0 Å². The number of nitrogens with two attached hydrogens (primary N) is 1.